The molecule has 5 N–H and O–H groups in total. The molecule has 0 amide bonds. The minimum Gasteiger partial charge on any atom is -0.479 e. The van der Waals surface area contributed by atoms with E-state index in [9.17, 15) is 4.79 Å². The summed E-state index contributed by atoms with van der Waals surface area (Å²) >= 11 is 0. The van der Waals surface area contributed by atoms with Gasteiger partial charge in [-0.05, 0) is 12.8 Å². The molecule has 0 aromatic heterocycles. The van der Waals surface area contributed by atoms with Crippen LogP contribution in [0, 0.1) is 5.92 Å². The first-order valence-corrected chi connectivity index (χ1v) is 6.77. The van der Waals surface area contributed by atoms with Crippen LogP contribution >= 0.6 is 0 Å². The minimum atomic E-state index is -1.57. The lowest BCUT2D eigenvalue weighted by molar-refractivity contribution is -0.145. The summed E-state index contributed by atoms with van der Waals surface area (Å²) in [6, 6.07) is 0. The maximum absolute atomic E-state index is 11.1. The zero-order valence-corrected chi connectivity index (χ0v) is 11.2. The molecule has 0 aromatic rings. The predicted molar refractivity (Wildman–Crippen MR) is 70.5 cm³/mol. The summed E-state index contributed by atoms with van der Waals surface area (Å²) in [6.07, 6.45) is 8.18. The van der Waals surface area contributed by atoms with E-state index in [1.165, 1.54) is 12.8 Å². The van der Waals surface area contributed by atoms with Gasteiger partial charge < -0.3 is 16.6 Å². The molecule has 0 saturated heterocycles. The summed E-state index contributed by atoms with van der Waals surface area (Å²) in [4.78, 5) is 11.1. The molecule has 0 radical (unpaired) electrons. The first-order chi connectivity index (χ1) is 7.96. The number of aliphatic carboxylic acids is 1. The Balaban J connectivity index is 4.27. The molecule has 0 rings (SSSR count). The molecule has 1 atom stereocenters. The fourth-order valence-electron chi connectivity index (χ4n) is 2.06. The standard InChI is InChI=1S/C13H28N2O2/c1-3-5-7-8-10-11(9-6-4-2)13(14,15)12(16)17/h11H,3-10,14-15H2,1-2H3,(H,16,17). The van der Waals surface area contributed by atoms with Crippen LogP contribution in [-0.4, -0.2) is 16.7 Å². The summed E-state index contributed by atoms with van der Waals surface area (Å²) < 4.78 is 0. The Hall–Kier alpha value is -0.610. The van der Waals surface area contributed by atoms with Crippen molar-refractivity contribution in [1.82, 2.24) is 0 Å². The Morgan fingerprint density at radius 3 is 2.06 bits per heavy atom. The van der Waals surface area contributed by atoms with Crippen LogP contribution in [0.15, 0.2) is 0 Å². The lowest BCUT2D eigenvalue weighted by Crippen LogP contribution is -2.61. The van der Waals surface area contributed by atoms with Crippen molar-refractivity contribution in [3.05, 3.63) is 0 Å². The number of carboxylic acid groups (broad SMARTS) is 1. The number of unbranched alkanes of at least 4 members (excludes halogenated alkanes) is 4. The summed E-state index contributed by atoms with van der Waals surface area (Å²) in [7, 11) is 0. The molecular weight excluding hydrogens is 216 g/mol. The minimum absolute atomic E-state index is 0.114. The van der Waals surface area contributed by atoms with E-state index in [4.69, 9.17) is 16.6 Å². The Bertz CT molecular complexity index is 217. The summed E-state index contributed by atoms with van der Waals surface area (Å²) in [5.74, 6) is -1.20. The van der Waals surface area contributed by atoms with Crippen LogP contribution in [0.25, 0.3) is 0 Å². The monoisotopic (exact) mass is 244 g/mol. The van der Waals surface area contributed by atoms with Gasteiger partial charge in [0.2, 0.25) is 0 Å². The van der Waals surface area contributed by atoms with Crippen molar-refractivity contribution in [2.45, 2.75) is 70.9 Å². The molecule has 0 bridgehead atoms. The Morgan fingerprint density at radius 2 is 1.59 bits per heavy atom. The molecule has 0 aliphatic rings. The van der Waals surface area contributed by atoms with Gasteiger partial charge in [-0.2, -0.15) is 0 Å². The van der Waals surface area contributed by atoms with E-state index in [0.717, 1.165) is 38.5 Å². The average molecular weight is 244 g/mol. The van der Waals surface area contributed by atoms with Crippen molar-refractivity contribution in [1.29, 1.82) is 0 Å². The van der Waals surface area contributed by atoms with Gasteiger partial charge in [-0.1, -0.05) is 52.4 Å². The van der Waals surface area contributed by atoms with Crippen molar-refractivity contribution in [3.63, 3.8) is 0 Å². The van der Waals surface area contributed by atoms with Gasteiger partial charge >= 0.3 is 5.97 Å². The molecule has 102 valence electrons. The van der Waals surface area contributed by atoms with E-state index < -0.39 is 11.6 Å². The fourth-order valence-corrected chi connectivity index (χ4v) is 2.06. The molecular formula is C13H28N2O2. The van der Waals surface area contributed by atoms with Gasteiger partial charge in [0, 0.05) is 5.92 Å². The largest absolute Gasteiger partial charge is 0.479 e. The third-order valence-electron chi connectivity index (χ3n) is 3.36. The van der Waals surface area contributed by atoms with Gasteiger partial charge in [-0.25, -0.2) is 4.79 Å². The van der Waals surface area contributed by atoms with Crippen molar-refractivity contribution in [2.75, 3.05) is 0 Å². The van der Waals surface area contributed by atoms with Gasteiger partial charge in [0.1, 0.15) is 0 Å². The highest BCUT2D eigenvalue weighted by Gasteiger charge is 2.37. The van der Waals surface area contributed by atoms with E-state index in [-0.39, 0.29) is 5.92 Å². The van der Waals surface area contributed by atoms with Gasteiger partial charge in [0.25, 0.3) is 0 Å². The third-order valence-corrected chi connectivity index (χ3v) is 3.36. The number of carbonyl (C=O) groups is 1. The maximum Gasteiger partial charge on any atom is 0.338 e. The van der Waals surface area contributed by atoms with Crippen molar-refractivity contribution in [3.8, 4) is 0 Å². The molecule has 0 aromatic carbocycles. The molecule has 0 aliphatic carbocycles. The maximum atomic E-state index is 11.1. The zero-order valence-electron chi connectivity index (χ0n) is 11.2. The van der Waals surface area contributed by atoms with Crippen LogP contribution < -0.4 is 11.5 Å². The predicted octanol–water partition coefficient (Wildman–Crippen LogP) is 2.46. The molecule has 4 heteroatoms. The number of nitrogens with two attached hydrogens (primary N) is 2. The van der Waals surface area contributed by atoms with E-state index in [2.05, 4.69) is 13.8 Å². The highest BCUT2D eigenvalue weighted by Crippen LogP contribution is 2.24. The normalized spacial score (nSPS) is 13.6. The van der Waals surface area contributed by atoms with Crippen LogP contribution in [0.1, 0.15) is 65.2 Å². The second-order valence-corrected chi connectivity index (χ2v) is 4.93. The lowest BCUT2D eigenvalue weighted by Gasteiger charge is -2.30. The number of hydrogen-bond acceptors (Lipinski definition) is 3. The van der Waals surface area contributed by atoms with E-state index in [0.29, 0.717) is 0 Å². The van der Waals surface area contributed by atoms with E-state index in [1.807, 2.05) is 0 Å². The number of hydrogen-bond donors (Lipinski definition) is 3. The third kappa shape index (κ3) is 6.03. The van der Waals surface area contributed by atoms with Gasteiger partial charge in [0.05, 0.1) is 0 Å². The molecule has 17 heavy (non-hydrogen) atoms. The lowest BCUT2D eigenvalue weighted by atomic mass is 9.84. The fraction of sp³-hybridized carbons (Fsp3) is 0.923. The van der Waals surface area contributed by atoms with Gasteiger partial charge in [-0.3, -0.25) is 0 Å². The quantitative estimate of drug-likeness (QED) is 0.407. The Morgan fingerprint density at radius 1 is 1.06 bits per heavy atom. The van der Waals surface area contributed by atoms with Crippen LogP contribution in [0.5, 0.6) is 0 Å². The van der Waals surface area contributed by atoms with Crippen LogP contribution in [-0.2, 0) is 4.79 Å². The van der Waals surface area contributed by atoms with Crippen molar-refractivity contribution >= 4 is 5.97 Å². The highest BCUT2D eigenvalue weighted by atomic mass is 16.4. The molecule has 0 spiro atoms. The second kappa shape index (κ2) is 8.48. The summed E-state index contributed by atoms with van der Waals surface area (Å²) in [6.45, 7) is 4.24. The SMILES string of the molecule is CCCCCCC(CCCC)C(N)(N)C(=O)O. The Labute approximate surface area is 105 Å². The van der Waals surface area contributed by atoms with Gasteiger partial charge in [-0.15, -0.1) is 0 Å². The summed E-state index contributed by atoms with van der Waals surface area (Å²) in [5.41, 5.74) is 9.91. The first-order valence-electron chi connectivity index (χ1n) is 6.77. The molecule has 0 aliphatic heterocycles. The van der Waals surface area contributed by atoms with Crippen LogP contribution in [0.3, 0.4) is 0 Å². The molecule has 4 nitrogen and oxygen atoms in total. The first kappa shape index (κ1) is 16.4. The number of rotatable bonds is 10. The Kier molecular flexibility index (Phi) is 8.17. The average Bonchev–Trinajstić information content (AvgIpc) is 2.27. The summed E-state index contributed by atoms with van der Waals surface area (Å²) in [5, 5.41) is 9.06. The topological polar surface area (TPSA) is 89.3 Å². The highest BCUT2D eigenvalue weighted by molar-refractivity contribution is 5.77. The van der Waals surface area contributed by atoms with E-state index in [1.54, 1.807) is 0 Å². The van der Waals surface area contributed by atoms with Crippen LogP contribution in [0.2, 0.25) is 0 Å². The molecule has 1 unspecified atom stereocenters. The van der Waals surface area contributed by atoms with Crippen molar-refractivity contribution in [2.24, 2.45) is 17.4 Å². The molecule has 0 fully saturated rings. The second-order valence-electron chi connectivity index (χ2n) is 4.93. The molecule has 0 heterocycles. The molecule has 0 saturated carbocycles. The number of carboxylic acids is 1. The van der Waals surface area contributed by atoms with Gasteiger partial charge in [0.15, 0.2) is 5.66 Å². The van der Waals surface area contributed by atoms with Crippen molar-refractivity contribution < 1.29 is 9.90 Å². The van der Waals surface area contributed by atoms with E-state index >= 15 is 0 Å². The smallest absolute Gasteiger partial charge is 0.338 e. The zero-order chi connectivity index (χ0) is 13.3. The van der Waals surface area contributed by atoms with Crippen LogP contribution in [0.4, 0.5) is 0 Å².